The van der Waals surface area contributed by atoms with E-state index in [0.717, 1.165) is 6.34 Å². The summed E-state index contributed by atoms with van der Waals surface area (Å²) in [5.74, 6) is 0.486. The van der Waals surface area contributed by atoms with Crippen molar-refractivity contribution in [3.05, 3.63) is 23.6 Å². The van der Waals surface area contributed by atoms with E-state index in [1.807, 2.05) is 0 Å². The van der Waals surface area contributed by atoms with Crippen LogP contribution in [0.1, 0.15) is 5.56 Å². The second-order valence-corrected chi connectivity index (χ2v) is 2.28. The molecule has 0 aromatic carbocycles. The van der Waals surface area contributed by atoms with E-state index < -0.39 is 0 Å². The third-order valence-electron chi connectivity index (χ3n) is 1.25. The van der Waals surface area contributed by atoms with Crippen LogP contribution >= 0.6 is 11.6 Å². The number of rotatable bonds is 3. The van der Waals surface area contributed by atoms with Crippen LogP contribution < -0.4 is 5.32 Å². The van der Waals surface area contributed by atoms with Gasteiger partial charge in [0.15, 0.2) is 0 Å². The van der Waals surface area contributed by atoms with E-state index in [0.29, 0.717) is 16.5 Å². The van der Waals surface area contributed by atoms with Gasteiger partial charge in [0.25, 0.3) is 0 Å². The number of nitrogens with zero attached hydrogens (tertiary/aromatic N) is 2. The summed E-state index contributed by atoms with van der Waals surface area (Å²) in [5, 5.41) is 9.73. The summed E-state index contributed by atoms with van der Waals surface area (Å²) >= 11 is 5.73. The largest absolute Gasteiger partial charge is 0.331 e. The number of halogens is 1. The molecule has 0 radical (unpaired) electrons. The monoisotopic (exact) mass is 182 g/mol. The van der Waals surface area contributed by atoms with E-state index in [1.54, 1.807) is 0 Å². The molecule has 12 heavy (non-hydrogen) atoms. The molecule has 1 aromatic heterocycles. The molecule has 1 heterocycles. The van der Waals surface area contributed by atoms with Crippen molar-refractivity contribution in [2.45, 2.75) is 0 Å². The Balaban J connectivity index is 3.17. The summed E-state index contributed by atoms with van der Waals surface area (Å²) in [6.07, 6.45) is 3.88. The van der Waals surface area contributed by atoms with Crippen LogP contribution in [0, 0.1) is 5.41 Å². The van der Waals surface area contributed by atoms with Crippen LogP contribution in [0.3, 0.4) is 0 Å². The van der Waals surface area contributed by atoms with E-state index in [-0.39, 0.29) is 0 Å². The molecule has 0 aliphatic heterocycles. The standard InChI is InChI=1S/C7H7ClN4/c1-2-5-6(8)11-4-12-7(5)10-3-9/h2-4H,1H2,(H2,9,10,11,12). The molecular formula is C7H7ClN4. The highest BCUT2D eigenvalue weighted by molar-refractivity contribution is 6.31. The summed E-state index contributed by atoms with van der Waals surface area (Å²) < 4.78 is 0. The van der Waals surface area contributed by atoms with Crippen molar-refractivity contribution < 1.29 is 0 Å². The molecule has 2 N–H and O–H groups in total. The van der Waals surface area contributed by atoms with Gasteiger partial charge in [-0.2, -0.15) is 0 Å². The average Bonchev–Trinajstić information content (AvgIpc) is 2.05. The Kier molecular flexibility index (Phi) is 2.76. The minimum Gasteiger partial charge on any atom is -0.331 e. The molecule has 0 unspecified atom stereocenters. The minimum atomic E-state index is 0.323. The molecule has 0 saturated heterocycles. The fourth-order valence-corrected chi connectivity index (χ4v) is 0.949. The molecule has 0 saturated carbocycles. The molecule has 0 aliphatic carbocycles. The lowest BCUT2D eigenvalue weighted by Crippen LogP contribution is -2.00. The van der Waals surface area contributed by atoms with E-state index in [4.69, 9.17) is 17.0 Å². The first-order chi connectivity index (χ1) is 5.79. The number of aromatic nitrogens is 2. The highest BCUT2D eigenvalue weighted by atomic mass is 35.5. The maximum atomic E-state index is 6.81. The summed E-state index contributed by atoms with van der Waals surface area (Å²) in [6.45, 7) is 3.56. The maximum Gasteiger partial charge on any atom is 0.143 e. The Labute approximate surface area is 74.8 Å². The average molecular weight is 183 g/mol. The fourth-order valence-electron chi connectivity index (χ4n) is 0.738. The van der Waals surface area contributed by atoms with Gasteiger partial charge in [-0.05, 0) is 0 Å². The number of nitrogens with one attached hydrogen (secondary N) is 2. The van der Waals surface area contributed by atoms with Crippen molar-refractivity contribution >= 4 is 29.8 Å². The second-order valence-electron chi connectivity index (χ2n) is 1.92. The Morgan fingerprint density at radius 1 is 1.58 bits per heavy atom. The zero-order valence-corrected chi connectivity index (χ0v) is 6.97. The Hall–Kier alpha value is -1.42. The molecule has 0 atom stereocenters. The molecular weight excluding hydrogens is 176 g/mol. The molecule has 5 heteroatoms. The van der Waals surface area contributed by atoms with Crippen LogP contribution in [0.2, 0.25) is 5.15 Å². The number of anilines is 1. The van der Waals surface area contributed by atoms with Gasteiger partial charge in [-0.15, -0.1) is 0 Å². The molecule has 1 aromatic rings. The topological polar surface area (TPSA) is 61.7 Å². The van der Waals surface area contributed by atoms with Gasteiger partial charge in [0.2, 0.25) is 0 Å². The molecule has 0 aliphatic rings. The van der Waals surface area contributed by atoms with Gasteiger partial charge in [-0.3, -0.25) is 5.41 Å². The zero-order chi connectivity index (χ0) is 8.97. The van der Waals surface area contributed by atoms with Gasteiger partial charge in [-0.1, -0.05) is 24.3 Å². The molecule has 0 fully saturated rings. The molecule has 0 bridgehead atoms. The zero-order valence-electron chi connectivity index (χ0n) is 6.21. The van der Waals surface area contributed by atoms with Crippen LogP contribution in [-0.2, 0) is 0 Å². The van der Waals surface area contributed by atoms with Gasteiger partial charge in [0.05, 0.1) is 11.9 Å². The van der Waals surface area contributed by atoms with Crippen LogP contribution in [-0.4, -0.2) is 16.3 Å². The van der Waals surface area contributed by atoms with Crippen molar-refractivity contribution in [2.75, 3.05) is 5.32 Å². The third kappa shape index (κ3) is 1.60. The van der Waals surface area contributed by atoms with Crippen LogP contribution in [0.4, 0.5) is 5.82 Å². The van der Waals surface area contributed by atoms with E-state index in [9.17, 15) is 0 Å². The SMILES string of the molecule is C=Cc1c(Cl)ncnc1NC=N. The van der Waals surface area contributed by atoms with Crippen molar-refractivity contribution in [1.82, 2.24) is 9.97 Å². The quantitative estimate of drug-likeness (QED) is 0.426. The third-order valence-corrected chi connectivity index (χ3v) is 1.55. The first-order valence-electron chi connectivity index (χ1n) is 3.18. The van der Waals surface area contributed by atoms with Gasteiger partial charge < -0.3 is 5.32 Å². The summed E-state index contributed by atoms with van der Waals surface area (Å²) in [4.78, 5) is 7.63. The lowest BCUT2D eigenvalue weighted by molar-refractivity contribution is 1.16. The Bertz CT molecular complexity index is 310. The van der Waals surface area contributed by atoms with Crippen molar-refractivity contribution in [3.63, 3.8) is 0 Å². The van der Waals surface area contributed by atoms with Gasteiger partial charge in [-0.25, -0.2) is 9.97 Å². The predicted octanol–water partition coefficient (Wildman–Crippen LogP) is 1.79. The van der Waals surface area contributed by atoms with Crippen LogP contribution in [0.15, 0.2) is 12.9 Å². The van der Waals surface area contributed by atoms with Crippen LogP contribution in [0.5, 0.6) is 0 Å². The summed E-state index contributed by atoms with van der Waals surface area (Å²) in [6, 6.07) is 0. The lowest BCUT2D eigenvalue weighted by Gasteiger charge is -2.03. The van der Waals surface area contributed by atoms with Crippen LogP contribution in [0.25, 0.3) is 6.08 Å². The first-order valence-corrected chi connectivity index (χ1v) is 3.55. The first kappa shape index (κ1) is 8.67. The molecule has 0 spiro atoms. The van der Waals surface area contributed by atoms with Gasteiger partial charge in [0.1, 0.15) is 17.3 Å². The Morgan fingerprint density at radius 3 is 2.92 bits per heavy atom. The van der Waals surface area contributed by atoms with E-state index >= 15 is 0 Å². The molecule has 0 amide bonds. The predicted molar refractivity (Wildman–Crippen MR) is 49.5 cm³/mol. The smallest absolute Gasteiger partial charge is 0.143 e. The van der Waals surface area contributed by atoms with Gasteiger partial charge in [0, 0.05) is 0 Å². The molecule has 1 rings (SSSR count). The lowest BCUT2D eigenvalue weighted by atomic mass is 10.3. The molecule has 4 nitrogen and oxygen atoms in total. The second kappa shape index (κ2) is 3.82. The van der Waals surface area contributed by atoms with Crippen molar-refractivity contribution in [1.29, 1.82) is 5.41 Å². The number of hydrogen-bond donors (Lipinski definition) is 2. The summed E-state index contributed by atoms with van der Waals surface area (Å²) in [5.41, 5.74) is 0.600. The van der Waals surface area contributed by atoms with E-state index in [2.05, 4.69) is 21.9 Å². The normalized spacial score (nSPS) is 9.08. The van der Waals surface area contributed by atoms with E-state index in [1.165, 1.54) is 12.4 Å². The minimum absolute atomic E-state index is 0.323. The fraction of sp³-hybridized carbons (Fsp3) is 0. The number of hydrogen-bond acceptors (Lipinski definition) is 3. The van der Waals surface area contributed by atoms with Crippen molar-refractivity contribution in [2.24, 2.45) is 0 Å². The maximum absolute atomic E-state index is 6.81. The molecule has 62 valence electrons. The highest BCUT2D eigenvalue weighted by Crippen LogP contribution is 2.19. The highest BCUT2D eigenvalue weighted by Gasteiger charge is 2.03. The van der Waals surface area contributed by atoms with Gasteiger partial charge >= 0.3 is 0 Å². The van der Waals surface area contributed by atoms with Crippen molar-refractivity contribution in [3.8, 4) is 0 Å². The summed E-state index contributed by atoms with van der Waals surface area (Å²) in [7, 11) is 0. The Morgan fingerprint density at radius 2 is 2.33 bits per heavy atom.